The van der Waals surface area contributed by atoms with Crippen LogP contribution in [0, 0.1) is 5.92 Å². The Morgan fingerprint density at radius 1 is 1.17 bits per heavy atom. The van der Waals surface area contributed by atoms with Gasteiger partial charge in [-0.15, -0.1) is 0 Å². The second-order valence-electron chi connectivity index (χ2n) is 8.36. The van der Waals surface area contributed by atoms with Crippen LogP contribution < -0.4 is 5.69 Å². The number of fused-ring (bicyclic) bond motifs is 1. The summed E-state index contributed by atoms with van der Waals surface area (Å²) >= 11 is 0. The van der Waals surface area contributed by atoms with Crippen LogP contribution in [-0.4, -0.2) is 52.4 Å². The Kier molecular flexibility index (Phi) is 6.55. The van der Waals surface area contributed by atoms with E-state index >= 15 is 0 Å². The van der Waals surface area contributed by atoms with Crippen LogP contribution >= 0.6 is 0 Å². The summed E-state index contributed by atoms with van der Waals surface area (Å²) in [6.07, 6.45) is 0.575. The lowest BCUT2D eigenvalue weighted by molar-refractivity contribution is -0.158. The lowest BCUT2D eigenvalue weighted by Crippen LogP contribution is -2.31. The average molecular weight is 422 g/mol. The molecule has 0 bridgehead atoms. The molecule has 0 aliphatic carbocycles. The van der Waals surface area contributed by atoms with Gasteiger partial charge in [-0.25, -0.2) is 4.79 Å². The Balaban J connectivity index is 1.69. The van der Waals surface area contributed by atoms with E-state index in [1.54, 1.807) is 26.8 Å². The maximum Gasteiger partial charge on any atom is 0.349 e. The summed E-state index contributed by atoms with van der Waals surface area (Å²) < 4.78 is 22.8. The third-order valence-corrected chi connectivity index (χ3v) is 4.71. The van der Waals surface area contributed by atoms with Crippen molar-refractivity contribution >= 4 is 17.9 Å². The normalized spacial score (nSPS) is 25.1. The van der Waals surface area contributed by atoms with Gasteiger partial charge in [-0.2, -0.15) is 4.98 Å². The molecule has 0 radical (unpaired) electrons. The summed E-state index contributed by atoms with van der Waals surface area (Å²) in [6.45, 7) is 5.43. The van der Waals surface area contributed by atoms with Gasteiger partial charge in [0, 0.05) is 18.5 Å². The number of carbonyl (C=O) groups excluding carboxylic acids is 3. The zero-order chi connectivity index (χ0) is 21.9. The van der Waals surface area contributed by atoms with Crippen LogP contribution in [0.2, 0.25) is 0 Å². The molecule has 1 aromatic heterocycles. The molecule has 30 heavy (non-hydrogen) atoms. The van der Waals surface area contributed by atoms with E-state index < -0.39 is 41.5 Å². The first-order valence-corrected chi connectivity index (χ1v) is 9.87. The maximum atomic E-state index is 12.5. The molecule has 0 unspecified atom stereocenters. The van der Waals surface area contributed by atoms with Gasteiger partial charge in [0.15, 0.2) is 0 Å². The third kappa shape index (κ3) is 5.88. The summed E-state index contributed by atoms with van der Waals surface area (Å²) in [5.41, 5.74) is -0.897. The Morgan fingerprint density at radius 3 is 2.47 bits per heavy atom. The largest absolute Gasteiger partial charge is 0.465 e. The first kappa shape index (κ1) is 21.9. The fraction of sp³-hybridized carbons (Fsp3) is 0.650. The molecule has 2 aliphatic heterocycles. The van der Waals surface area contributed by atoms with E-state index in [0.29, 0.717) is 12.1 Å². The molecule has 3 rings (SSSR count). The van der Waals surface area contributed by atoms with E-state index in [-0.39, 0.29) is 38.4 Å². The number of nitrogens with zero attached hydrogens (tertiary/aromatic N) is 2. The number of ether oxygens (including phenoxy) is 4. The quantitative estimate of drug-likeness (QED) is 0.516. The summed E-state index contributed by atoms with van der Waals surface area (Å²) in [7, 11) is 0. The van der Waals surface area contributed by atoms with E-state index in [2.05, 4.69) is 4.98 Å². The van der Waals surface area contributed by atoms with Gasteiger partial charge < -0.3 is 18.9 Å². The van der Waals surface area contributed by atoms with Crippen LogP contribution in [0.3, 0.4) is 0 Å². The second kappa shape index (κ2) is 8.95. The predicted molar refractivity (Wildman–Crippen MR) is 101 cm³/mol. The molecular formula is C20H26N2O8. The Morgan fingerprint density at radius 2 is 1.83 bits per heavy atom. The first-order chi connectivity index (χ1) is 14.1. The number of hydrogen-bond donors (Lipinski definition) is 0. The molecule has 10 heteroatoms. The Labute approximate surface area is 173 Å². The Bertz CT molecular complexity index is 844. The maximum absolute atomic E-state index is 12.5. The lowest BCUT2D eigenvalue weighted by Gasteiger charge is -2.20. The van der Waals surface area contributed by atoms with E-state index in [0.717, 1.165) is 0 Å². The van der Waals surface area contributed by atoms with Gasteiger partial charge in [0.25, 0.3) is 0 Å². The number of cyclic esters (lactones) is 2. The van der Waals surface area contributed by atoms with Crippen molar-refractivity contribution in [1.82, 2.24) is 9.55 Å². The molecule has 3 heterocycles. The molecular weight excluding hydrogens is 396 g/mol. The molecule has 1 aromatic rings. The lowest BCUT2D eigenvalue weighted by atomic mass is 10.0. The zero-order valence-corrected chi connectivity index (χ0v) is 17.3. The number of carbonyl (C=O) groups is 3. The molecule has 0 spiro atoms. The van der Waals surface area contributed by atoms with Gasteiger partial charge in [-0.1, -0.05) is 0 Å². The highest BCUT2D eigenvalue weighted by Crippen LogP contribution is 2.33. The topological polar surface area (TPSA) is 123 Å². The molecule has 0 N–H and O–H groups in total. The van der Waals surface area contributed by atoms with E-state index in [4.69, 9.17) is 18.9 Å². The second-order valence-corrected chi connectivity index (χ2v) is 8.36. The molecule has 10 nitrogen and oxygen atoms in total. The smallest absolute Gasteiger partial charge is 0.349 e. The van der Waals surface area contributed by atoms with Crippen LogP contribution in [0.15, 0.2) is 17.1 Å². The molecule has 164 valence electrons. The zero-order valence-electron chi connectivity index (χ0n) is 17.3. The fourth-order valence-corrected chi connectivity index (χ4v) is 3.32. The summed E-state index contributed by atoms with van der Waals surface area (Å²) in [5, 5.41) is 0. The van der Waals surface area contributed by atoms with Crippen LogP contribution in [0.4, 0.5) is 0 Å². The van der Waals surface area contributed by atoms with Crippen molar-refractivity contribution in [3.63, 3.8) is 0 Å². The first-order valence-electron chi connectivity index (χ1n) is 9.87. The fourth-order valence-electron chi connectivity index (χ4n) is 3.32. The van der Waals surface area contributed by atoms with Crippen LogP contribution in [0.1, 0.15) is 52.0 Å². The van der Waals surface area contributed by atoms with E-state index in [1.165, 1.54) is 10.8 Å². The monoisotopic (exact) mass is 422 g/mol. The van der Waals surface area contributed by atoms with E-state index in [1.807, 2.05) is 0 Å². The molecule has 2 saturated heterocycles. The van der Waals surface area contributed by atoms with Crippen molar-refractivity contribution in [2.24, 2.45) is 5.92 Å². The van der Waals surface area contributed by atoms with Crippen LogP contribution in [0.5, 0.6) is 0 Å². The van der Waals surface area contributed by atoms with E-state index in [9.17, 15) is 19.2 Å². The van der Waals surface area contributed by atoms with Gasteiger partial charge in [0.05, 0.1) is 31.6 Å². The van der Waals surface area contributed by atoms with Crippen molar-refractivity contribution in [3.8, 4) is 0 Å². The van der Waals surface area contributed by atoms with Gasteiger partial charge in [0.1, 0.15) is 24.5 Å². The van der Waals surface area contributed by atoms with Crippen molar-refractivity contribution in [3.05, 3.63) is 28.4 Å². The summed E-state index contributed by atoms with van der Waals surface area (Å²) in [5.74, 6) is -1.66. The number of esters is 3. The Hall–Kier alpha value is -2.75. The standard InChI is InChI=1S/C20H26N2O8/c1-20(2,3)30-18(25)9-13-6-7-22(19(26)21-13)15-8-12-10-27-16(23)4-5-17(24)28-11-14(12)29-15/h6-7,12,14-15H,4-5,8-11H2,1-3H3/t12-,14-,15-/m1/s1. The van der Waals surface area contributed by atoms with Gasteiger partial charge in [0.2, 0.25) is 0 Å². The third-order valence-electron chi connectivity index (χ3n) is 4.71. The average Bonchev–Trinajstić information content (AvgIpc) is 3.04. The molecule has 0 amide bonds. The summed E-state index contributed by atoms with van der Waals surface area (Å²) in [6, 6.07) is 1.56. The van der Waals surface area contributed by atoms with Crippen molar-refractivity contribution in [1.29, 1.82) is 0 Å². The number of rotatable bonds is 3. The summed E-state index contributed by atoms with van der Waals surface area (Å²) in [4.78, 5) is 51.7. The molecule has 0 aromatic carbocycles. The van der Waals surface area contributed by atoms with Gasteiger partial charge >= 0.3 is 23.6 Å². The highest BCUT2D eigenvalue weighted by Gasteiger charge is 2.39. The minimum absolute atomic E-state index is 0.0243. The molecule has 0 saturated carbocycles. The number of aromatic nitrogens is 2. The highest BCUT2D eigenvalue weighted by molar-refractivity contribution is 5.77. The SMILES string of the molecule is CC(C)(C)OC(=O)Cc1ccn([C@H]2C[C@@H]3COC(=O)CCC(=O)OC[C@H]3O2)c(=O)n1. The van der Waals surface area contributed by atoms with Gasteiger partial charge in [-0.3, -0.25) is 19.0 Å². The van der Waals surface area contributed by atoms with Crippen molar-refractivity contribution in [2.45, 2.75) is 64.4 Å². The predicted octanol–water partition coefficient (Wildman–Crippen LogP) is 0.911. The minimum atomic E-state index is -0.645. The van der Waals surface area contributed by atoms with Gasteiger partial charge in [-0.05, 0) is 26.8 Å². The van der Waals surface area contributed by atoms with Crippen molar-refractivity contribution in [2.75, 3.05) is 13.2 Å². The minimum Gasteiger partial charge on any atom is -0.465 e. The molecule has 2 aliphatic rings. The molecule has 3 atom stereocenters. The highest BCUT2D eigenvalue weighted by atomic mass is 16.6. The van der Waals surface area contributed by atoms with Crippen LogP contribution in [-0.2, 0) is 39.8 Å². The number of hydrogen-bond acceptors (Lipinski definition) is 9. The van der Waals surface area contributed by atoms with Crippen LogP contribution in [0.25, 0.3) is 0 Å². The van der Waals surface area contributed by atoms with Crippen molar-refractivity contribution < 1.29 is 33.3 Å². The molecule has 2 fully saturated rings.